The highest BCUT2D eigenvalue weighted by atomic mass is 16.3. The molecule has 1 aliphatic heterocycles. The maximum Gasteiger partial charge on any atom is 0.246 e. The Hall–Kier alpha value is -2.56. The lowest BCUT2D eigenvalue weighted by atomic mass is 9.79. The van der Waals surface area contributed by atoms with E-state index in [4.69, 9.17) is 13.9 Å². The van der Waals surface area contributed by atoms with E-state index >= 15 is 0 Å². The van der Waals surface area contributed by atoms with E-state index < -0.39 is 0 Å². The minimum Gasteiger partial charge on any atom is -0.467 e. The van der Waals surface area contributed by atoms with Gasteiger partial charge in [0.2, 0.25) is 5.91 Å². The predicted molar refractivity (Wildman–Crippen MR) is 106 cm³/mol. The van der Waals surface area contributed by atoms with Crippen molar-refractivity contribution in [2.45, 2.75) is 57.4 Å². The number of nitrogens with zero attached hydrogens (tertiary/aromatic N) is 2. The SMILES string of the molecule is O=C(C1CCCCC1)N1N=C2/C(=C\c3ccco3)CCC[C@@H]2[C@H]1c1ccco1. The van der Waals surface area contributed by atoms with Crippen LogP contribution in [0.2, 0.25) is 0 Å². The largest absolute Gasteiger partial charge is 0.467 e. The van der Waals surface area contributed by atoms with Gasteiger partial charge >= 0.3 is 0 Å². The third kappa shape index (κ3) is 3.13. The first-order valence-electron chi connectivity index (χ1n) is 10.5. The third-order valence-corrected chi connectivity index (χ3v) is 6.38. The minimum absolute atomic E-state index is 0.0909. The van der Waals surface area contributed by atoms with Crippen molar-refractivity contribution in [3.63, 3.8) is 0 Å². The van der Waals surface area contributed by atoms with Crippen LogP contribution in [-0.4, -0.2) is 16.6 Å². The molecule has 0 radical (unpaired) electrons. The summed E-state index contributed by atoms with van der Waals surface area (Å²) in [5, 5.41) is 6.68. The molecule has 1 amide bonds. The van der Waals surface area contributed by atoms with Gasteiger partial charge in [-0.05, 0) is 68.0 Å². The first-order valence-corrected chi connectivity index (χ1v) is 10.5. The molecule has 5 rings (SSSR count). The molecule has 0 saturated heterocycles. The number of hydrogen-bond donors (Lipinski definition) is 0. The molecule has 0 spiro atoms. The maximum atomic E-state index is 13.4. The summed E-state index contributed by atoms with van der Waals surface area (Å²) in [6, 6.07) is 7.61. The maximum absolute atomic E-state index is 13.4. The Bertz CT molecular complexity index is 873. The smallest absolute Gasteiger partial charge is 0.246 e. The van der Waals surface area contributed by atoms with Gasteiger partial charge in [0.15, 0.2) is 0 Å². The number of carbonyl (C=O) groups is 1. The quantitative estimate of drug-likeness (QED) is 0.701. The lowest BCUT2D eigenvalue weighted by Gasteiger charge is -2.30. The predicted octanol–water partition coefficient (Wildman–Crippen LogP) is 5.58. The van der Waals surface area contributed by atoms with Crippen LogP contribution in [0.5, 0.6) is 0 Å². The standard InChI is InChI=1S/C23H26N2O3/c26-23(16-7-2-1-3-8-16)25-22(20-12-6-14-28-20)19-11-4-9-17(21(19)24-25)15-18-10-5-13-27-18/h5-6,10,12-16,19,22H,1-4,7-9,11H2/b17-15-/t19-,22-/m0/s1. The van der Waals surface area contributed by atoms with Crippen molar-refractivity contribution in [1.29, 1.82) is 0 Å². The summed E-state index contributed by atoms with van der Waals surface area (Å²) in [5.41, 5.74) is 2.22. The van der Waals surface area contributed by atoms with Crippen molar-refractivity contribution in [1.82, 2.24) is 5.01 Å². The topological polar surface area (TPSA) is 59.0 Å². The van der Waals surface area contributed by atoms with Gasteiger partial charge in [-0.25, -0.2) is 5.01 Å². The zero-order valence-electron chi connectivity index (χ0n) is 16.0. The van der Waals surface area contributed by atoms with E-state index in [2.05, 4.69) is 6.08 Å². The summed E-state index contributed by atoms with van der Waals surface area (Å²) in [5.74, 6) is 2.12. The van der Waals surface area contributed by atoms with Gasteiger partial charge in [-0.3, -0.25) is 4.79 Å². The van der Waals surface area contributed by atoms with Gasteiger partial charge in [-0.1, -0.05) is 19.3 Å². The van der Waals surface area contributed by atoms with E-state index in [0.29, 0.717) is 0 Å². The van der Waals surface area contributed by atoms with Crippen LogP contribution in [0.4, 0.5) is 0 Å². The average molecular weight is 378 g/mol. The van der Waals surface area contributed by atoms with E-state index in [1.165, 1.54) is 12.0 Å². The van der Waals surface area contributed by atoms with Crippen molar-refractivity contribution in [2.75, 3.05) is 0 Å². The van der Waals surface area contributed by atoms with Gasteiger partial charge in [0.25, 0.3) is 0 Å². The van der Waals surface area contributed by atoms with Gasteiger partial charge in [0, 0.05) is 11.8 Å². The number of furan rings is 2. The second kappa shape index (κ2) is 7.46. The Morgan fingerprint density at radius 1 is 1.04 bits per heavy atom. The van der Waals surface area contributed by atoms with Crippen LogP contribution in [0.15, 0.2) is 56.3 Å². The first-order chi connectivity index (χ1) is 13.8. The summed E-state index contributed by atoms with van der Waals surface area (Å²) in [4.78, 5) is 13.4. The number of carbonyl (C=O) groups excluding carboxylic acids is 1. The zero-order chi connectivity index (χ0) is 18.9. The summed E-state index contributed by atoms with van der Waals surface area (Å²) in [7, 11) is 0. The molecule has 2 fully saturated rings. The first kappa shape index (κ1) is 17.5. The number of amides is 1. The third-order valence-electron chi connectivity index (χ3n) is 6.38. The highest BCUT2D eigenvalue weighted by Crippen LogP contribution is 2.45. The molecule has 28 heavy (non-hydrogen) atoms. The Morgan fingerprint density at radius 3 is 2.61 bits per heavy atom. The zero-order valence-corrected chi connectivity index (χ0v) is 16.0. The van der Waals surface area contributed by atoms with E-state index in [1.807, 2.05) is 24.3 Å². The number of hydrogen-bond acceptors (Lipinski definition) is 4. The van der Waals surface area contributed by atoms with Crippen molar-refractivity contribution in [2.24, 2.45) is 16.9 Å². The molecule has 0 bridgehead atoms. The number of rotatable bonds is 3. The van der Waals surface area contributed by atoms with Gasteiger partial charge in [0.1, 0.15) is 17.6 Å². The molecule has 5 nitrogen and oxygen atoms in total. The molecule has 3 aliphatic rings. The Morgan fingerprint density at radius 2 is 1.86 bits per heavy atom. The lowest BCUT2D eigenvalue weighted by Crippen LogP contribution is -2.36. The fourth-order valence-electron chi connectivity index (χ4n) is 5.00. The van der Waals surface area contributed by atoms with Crippen LogP contribution in [0.3, 0.4) is 0 Å². The fraction of sp³-hybridized carbons (Fsp3) is 0.478. The molecule has 0 unspecified atom stereocenters. The summed E-state index contributed by atoms with van der Waals surface area (Å²) < 4.78 is 11.3. The van der Waals surface area contributed by atoms with E-state index in [-0.39, 0.29) is 23.8 Å². The average Bonchev–Trinajstić information content (AvgIpc) is 3.48. The van der Waals surface area contributed by atoms with E-state index in [9.17, 15) is 4.79 Å². The van der Waals surface area contributed by atoms with Crippen LogP contribution >= 0.6 is 0 Å². The molecule has 2 atom stereocenters. The normalized spacial score (nSPS) is 27.1. The molecule has 0 N–H and O–H groups in total. The van der Waals surface area contributed by atoms with Gasteiger partial charge in [-0.15, -0.1) is 0 Å². The number of hydrazone groups is 1. The summed E-state index contributed by atoms with van der Waals surface area (Å²) >= 11 is 0. The molecular weight excluding hydrogens is 352 g/mol. The Kier molecular flexibility index (Phi) is 4.67. The van der Waals surface area contributed by atoms with E-state index in [1.54, 1.807) is 17.5 Å². The Balaban J connectivity index is 1.51. The van der Waals surface area contributed by atoms with E-state index in [0.717, 1.165) is 62.2 Å². The molecule has 2 saturated carbocycles. The molecule has 2 aromatic heterocycles. The molecule has 2 aliphatic carbocycles. The number of allylic oxidation sites excluding steroid dienone is 1. The van der Waals surface area contributed by atoms with Crippen LogP contribution in [0.1, 0.15) is 68.9 Å². The molecule has 2 aromatic rings. The van der Waals surface area contributed by atoms with Crippen molar-refractivity contribution in [3.05, 3.63) is 53.9 Å². The lowest BCUT2D eigenvalue weighted by molar-refractivity contribution is -0.139. The Labute approximate surface area is 165 Å². The molecule has 5 heteroatoms. The van der Waals surface area contributed by atoms with Gasteiger partial charge in [0.05, 0.1) is 18.2 Å². The second-order valence-corrected chi connectivity index (χ2v) is 8.15. The van der Waals surface area contributed by atoms with Crippen LogP contribution in [0, 0.1) is 11.8 Å². The van der Waals surface area contributed by atoms with Crippen LogP contribution in [0.25, 0.3) is 6.08 Å². The molecule has 0 aromatic carbocycles. The summed E-state index contributed by atoms with van der Waals surface area (Å²) in [6.07, 6.45) is 14.0. The van der Waals surface area contributed by atoms with Crippen molar-refractivity contribution >= 4 is 17.7 Å². The highest BCUT2D eigenvalue weighted by Gasteiger charge is 2.46. The van der Waals surface area contributed by atoms with Gasteiger partial charge < -0.3 is 8.83 Å². The number of fused-ring (bicyclic) bond motifs is 1. The van der Waals surface area contributed by atoms with Crippen molar-refractivity contribution < 1.29 is 13.6 Å². The monoisotopic (exact) mass is 378 g/mol. The molecule has 3 heterocycles. The second-order valence-electron chi connectivity index (χ2n) is 8.15. The molecular formula is C23H26N2O3. The fourth-order valence-corrected chi connectivity index (χ4v) is 5.00. The molecule has 146 valence electrons. The highest BCUT2D eigenvalue weighted by molar-refractivity contribution is 6.08. The summed E-state index contributed by atoms with van der Waals surface area (Å²) in [6.45, 7) is 0. The minimum atomic E-state index is -0.125. The van der Waals surface area contributed by atoms with Crippen LogP contribution < -0.4 is 0 Å². The van der Waals surface area contributed by atoms with Gasteiger partial charge in [-0.2, -0.15) is 5.10 Å². The van der Waals surface area contributed by atoms with Crippen LogP contribution in [-0.2, 0) is 4.79 Å². The van der Waals surface area contributed by atoms with Crippen molar-refractivity contribution in [3.8, 4) is 0 Å².